The molecule has 0 radical (unpaired) electrons. The van der Waals surface area contributed by atoms with Gasteiger partial charge in [-0.25, -0.2) is 4.98 Å². The van der Waals surface area contributed by atoms with E-state index in [1.807, 2.05) is 12.5 Å². The first-order valence-corrected chi connectivity index (χ1v) is 7.89. The Labute approximate surface area is 149 Å². The zero-order valence-corrected chi connectivity index (χ0v) is 16.1. The topological polar surface area (TPSA) is 21.1 Å². The third-order valence-electron chi connectivity index (χ3n) is 4.54. The van der Waals surface area contributed by atoms with Crippen molar-refractivity contribution in [2.45, 2.75) is 64.0 Å². The molecule has 0 aliphatic heterocycles. The molecule has 1 aromatic rings. The summed E-state index contributed by atoms with van der Waals surface area (Å²) >= 11 is 0. The predicted molar refractivity (Wildman–Crippen MR) is 93.0 cm³/mol. The minimum Gasteiger partial charge on any atom is -0.358 e. The summed E-state index contributed by atoms with van der Waals surface area (Å²) in [4.78, 5) is 6.45. The van der Waals surface area contributed by atoms with Gasteiger partial charge in [-0.2, -0.15) is 0 Å². The van der Waals surface area contributed by atoms with Crippen LogP contribution in [0.15, 0.2) is 18.7 Å². The van der Waals surface area contributed by atoms with E-state index in [1.54, 1.807) is 0 Å². The number of rotatable bonds is 3. The van der Waals surface area contributed by atoms with E-state index in [4.69, 9.17) is 0 Å². The fraction of sp³-hybridized carbons (Fsp3) is 0.722. The Morgan fingerprint density at radius 2 is 1.59 bits per heavy atom. The monoisotopic (exact) mass is 349 g/mol. The smallest absolute Gasteiger partial charge is 0.358 e. The SMILES string of the molecule is C1CCCC1.CN(C)C1CCCC1Cn1ccnc1.[CH3-].[CH3-].[Fe+2]. The van der Waals surface area contributed by atoms with Gasteiger partial charge < -0.3 is 24.3 Å². The van der Waals surface area contributed by atoms with Crippen LogP contribution in [0, 0.1) is 20.8 Å². The van der Waals surface area contributed by atoms with Crippen LogP contribution in [0.3, 0.4) is 0 Å². The Morgan fingerprint density at radius 1 is 1.00 bits per heavy atom. The molecule has 1 aromatic heterocycles. The minimum atomic E-state index is 0. The number of aromatic nitrogens is 2. The first kappa shape index (κ1) is 23.9. The Kier molecular flexibility index (Phi) is 14.3. The van der Waals surface area contributed by atoms with E-state index in [9.17, 15) is 0 Å². The van der Waals surface area contributed by atoms with E-state index in [0.717, 1.165) is 18.5 Å². The van der Waals surface area contributed by atoms with Crippen LogP contribution in [0.1, 0.15) is 51.4 Å². The third kappa shape index (κ3) is 7.80. The summed E-state index contributed by atoms with van der Waals surface area (Å²) in [6.45, 7) is 1.13. The van der Waals surface area contributed by atoms with Crippen molar-refractivity contribution in [3.8, 4) is 0 Å². The molecule has 2 saturated carbocycles. The zero-order chi connectivity index (χ0) is 13.5. The van der Waals surface area contributed by atoms with Gasteiger partial charge in [-0.05, 0) is 32.9 Å². The summed E-state index contributed by atoms with van der Waals surface area (Å²) in [5.74, 6) is 0.805. The van der Waals surface area contributed by atoms with E-state index in [2.05, 4.69) is 34.7 Å². The van der Waals surface area contributed by atoms with Gasteiger partial charge in [0.1, 0.15) is 0 Å². The molecule has 0 bridgehead atoms. The zero-order valence-electron chi connectivity index (χ0n) is 14.9. The summed E-state index contributed by atoms with van der Waals surface area (Å²) < 4.78 is 2.20. The molecule has 0 amide bonds. The van der Waals surface area contributed by atoms with E-state index in [0.29, 0.717) is 0 Å². The van der Waals surface area contributed by atoms with Crippen molar-refractivity contribution in [2.24, 2.45) is 5.92 Å². The number of imidazole rings is 1. The van der Waals surface area contributed by atoms with Crippen molar-refractivity contribution < 1.29 is 17.1 Å². The molecular formula is C18H35FeN3. The summed E-state index contributed by atoms with van der Waals surface area (Å²) in [6.07, 6.45) is 17.4. The average molecular weight is 349 g/mol. The molecule has 2 fully saturated rings. The molecule has 130 valence electrons. The van der Waals surface area contributed by atoms with Gasteiger partial charge in [-0.15, -0.1) is 0 Å². The maximum absolute atomic E-state index is 4.08. The molecule has 22 heavy (non-hydrogen) atoms. The molecule has 2 aliphatic rings. The second-order valence-corrected chi connectivity index (χ2v) is 6.25. The Morgan fingerprint density at radius 3 is 2.05 bits per heavy atom. The molecule has 2 unspecified atom stereocenters. The van der Waals surface area contributed by atoms with Gasteiger partial charge in [0.2, 0.25) is 0 Å². The second kappa shape index (κ2) is 13.2. The first-order valence-electron chi connectivity index (χ1n) is 7.89. The van der Waals surface area contributed by atoms with Gasteiger partial charge in [0.25, 0.3) is 0 Å². The molecule has 2 atom stereocenters. The van der Waals surface area contributed by atoms with Crippen LogP contribution in [0.4, 0.5) is 0 Å². The predicted octanol–water partition coefficient (Wildman–Crippen LogP) is 4.46. The summed E-state index contributed by atoms with van der Waals surface area (Å²) in [7, 11) is 4.38. The standard InChI is InChI=1S/C11H19N3.C5H10.2CH3.Fe/c1-13(2)11-5-3-4-10(11)8-14-7-6-12-9-14;1-2-4-5-3-1;;;/h6-7,9-11H,3-5,8H2,1-2H3;1-5H2;2*1H3;/q;;2*-1;+2. The summed E-state index contributed by atoms with van der Waals surface area (Å²) in [5, 5.41) is 0. The van der Waals surface area contributed by atoms with Gasteiger partial charge in [-0.3, -0.25) is 0 Å². The van der Waals surface area contributed by atoms with Crippen LogP contribution in [0.5, 0.6) is 0 Å². The normalized spacial score (nSPS) is 22.9. The third-order valence-corrected chi connectivity index (χ3v) is 4.54. The maximum atomic E-state index is 4.08. The minimum absolute atomic E-state index is 0. The molecule has 1 heterocycles. The molecule has 2 aliphatic carbocycles. The molecule has 0 N–H and O–H groups in total. The Balaban J connectivity index is 0. The first-order chi connectivity index (χ1) is 9.27. The van der Waals surface area contributed by atoms with Gasteiger partial charge in [0, 0.05) is 25.0 Å². The molecule has 0 saturated heterocycles. The van der Waals surface area contributed by atoms with Gasteiger partial charge in [0.05, 0.1) is 6.33 Å². The van der Waals surface area contributed by atoms with Gasteiger partial charge >= 0.3 is 17.1 Å². The van der Waals surface area contributed by atoms with Gasteiger partial charge in [0.15, 0.2) is 0 Å². The van der Waals surface area contributed by atoms with E-state index in [-0.39, 0.29) is 31.9 Å². The van der Waals surface area contributed by atoms with Crippen LogP contribution >= 0.6 is 0 Å². The maximum Gasteiger partial charge on any atom is 2.00 e. The van der Waals surface area contributed by atoms with Crippen LogP contribution in [0.25, 0.3) is 0 Å². The molecule has 0 spiro atoms. The number of hydrogen-bond donors (Lipinski definition) is 0. The quantitative estimate of drug-likeness (QED) is 0.593. The van der Waals surface area contributed by atoms with E-state index < -0.39 is 0 Å². The van der Waals surface area contributed by atoms with Crippen molar-refractivity contribution in [1.29, 1.82) is 0 Å². The van der Waals surface area contributed by atoms with Gasteiger partial charge in [-0.1, -0.05) is 38.5 Å². The molecule has 0 aromatic carbocycles. The molecule has 3 nitrogen and oxygen atoms in total. The molecule has 4 heteroatoms. The largest absolute Gasteiger partial charge is 2.00 e. The van der Waals surface area contributed by atoms with Crippen molar-refractivity contribution in [2.75, 3.05) is 14.1 Å². The Hall–Kier alpha value is -0.311. The summed E-state index contributed by atoms with van der Waals surface area (Å²) in [6, 6.07) is 0.761. The van der Waals surface area contributed by atoms with E-state index in [1.165, 1.54) is 51.4 Å². The second-order valence-electron chi connectivity index (χ2n) is 6.25. The van der Waals surface area contributed by atoms with E-state index >= 15 is 0 Å². The van der Waals surface area contributed by atoms with Crippen molar-refractivity contribution in [3.63, 3.8) is 0 Å². The number of hydrogen-bond acceptors (Lipinski definition) is 2. The summed E-state index contributed by atoms with van der Waals surface area (Å²) in [5.41, 5.74) is 0. The van der Waals surface area contributed by atoms with Crippen molar-refractivity contribution in [1.82, 2.24) is 14.5 Å². The molecule has 3 rings (SSSR count). The van der Waals surface area contributed by atoms with Crippen LogP contribution in [-0.4, -0.2) is 34.6 Å². The average Bonchev–Trinajstić information content (AvgIpc) is 3.15. The van der Waals surface area contributed by atoms with Crippen molar-refractivity contribution >= 4 is 0 Å². The molecular weight excluding hydrogens is 314 g/mol. The Bertz CT molecular complexity index is 327. The van der Waals surface area contributed by atoms with Crippen LogP contribution in [0.2, 0.25) is 0 Å². The fourth-order valence-electron chi connectivity index (χ4n) is 3.46. The van der Waals surface area contributed by atoms with Crippen LogP contribution < -0.4 is 0 Å². The number of nitrogens with zero attached hydrogens (tertiary/aromatic N) is 3. The fourth-order valence-corrected chi connectivity index (χ4v) is 3.46. The van der Waals surface area contributed by atoms with Crippen molar-refractivity contribution in [3.05, 3.63) is 33.6 Å². The van der Waals surface area contributed by atoms with Crippen LogP contribution in [-0.2, 0) is 23.6 Å².